The van der Waals surface area contributed by atoms with E-state index in [0.717, 1.165) is 0 Å². The van der Waals surface area contributed by atoms with Crippen molar-refractivity contribution in [2.75, 3.05) is 6.79 Å². The summed E-state index contributed by atoms with van der Waals surface area (Å²) in [6, 6.07) is 6.64. The van der Waals surface area contributed by atoms with E-state index in [9.17, 15) is 4.79 Å². The fourth-order valence-corrected chi connectivity index (χ4v) is 2.26. The Morgan fingerprint density at radius 3 is 2.77 bits per heavy atom. The topological polar surface area (TPSA) is 66.8 Å². The summed E-state index contributed by atoms with van der Waals surface area (Å²) in [7, 11) is 0. The number of hydrogen-bond donors (Lipinski definition) is 2. The molecule has 1 rings (SSSR count). The number of carboxylic acid groups (broad SMARTS) is 1. The van der Waals surface area contributed by atoms with Crippen LogP contribution in [0.1, 0.15) is 10.4 Å². The van der Waals surface area contributed by atoms with Crippen LogP contribution in [-0.2, 0) is 3.07 Å². The van der Waals surface area contributed by atoms with Gasteiger partial charge in [-0.1, -0.05) is 0 Å². The van der Waals surface area contributed by atoms with Crippen LogP contribution in [0.25, 0.3) is 0 Å². The van der Waals surface area contributed by atoms with Crippen LogP contribution in [0.2, 0.25) is 0 Å². The van der Waals surface area contributed by atoms with Gasteiger partial charge in [0.05, 0.1) is 0 Å². The van der Waals surface area contributed by atoms with Gasteiger partial charge < -0.3 is 0 Å². The zero-order valence-corrected chi connectivity index (χ0v) is 8.76. The van der Waals surface area contributed by atoms with Gasteiger partial charge in [-0.25, -0.2) is 0 Å². The Morgan fingerprint density at radius 1 is 1.46 bits per heavy atom. The molecule has 1 aromatic carbocycles. The van der Waals surface area contributed by atoms with Gasteiger partial charge in [-0.3, -0.25) is 0 Å². The number of aromatic carboxylic acids is 1. The maximum absolute atomic E-state index is 10.7. The van der Waals surface area contributed by atoms with Gasteiger partial charge in [-0.05, 0) is 0 Å². The Kier molecular flexibility index (Phi) is 4.13. The van der Waals surface area contributed by atoms with Crippen LogP contribution in [0.4, 0.5) is 0 Å². The van der Waals surface area contributed by atoms with Crippen LogP contribution in [0, 0.1) is 3.57 Å². The SMILES string of the molecule is O=C(O)c1ccccc1[I-]OCO. The van der Waals surface area contributed by atoms with Crippen molar-refractivity contribution < 1.29 is 39.7 Å². The van der Waals surface area contributed by atoms with Crippen LogP contribution in [0.3, 0.4) is 0 Å². The van der Waals surface area contributed by atoms with Gasteiger partial charge in [0.25, 0.3) is 0 Å². The minimum absolute atomic E-state index is 0.253. The summed E-state index contributed by atoms with van der Waals surface area (Å²) >= 11 is -0.859. The Hall–Kier alpha value is -0.660. The molecule has 5 heteroatoms. The Morgan fingerprint density at radius 2 is 2.15 bits per heavy atom. The minimum atomic E-state index is -0.961. The molecule has 0 saturated carbocycles. The predicted molar refractivity (Wildman–Crippen MR) is 40.3 cm³/mol. The average Bonchev–Trinajstić information content (AvgIpc) is 2.15. The van der Waals surface area contributed by atoms with Crippen molar-refractivity contribution in [2.24, 2.45) is 0 Å². The van der Waals surface area contributed by atoms with Crippen molar-refractivity contribution >= 4 is 5.97 Å². The zero-order valence-electron chi connectivity index (χ0n) is 6.61. The Balaban J connectivity index is 2.84. The second-order valence-electron chi connectivity index (χ2n) is 2.10. The number of rotatable bonds is 4. The van der Waals surface area contributed by atoms with Crippen molar-refractivity contribution in [2.45, 2.75) is 0 Å². The molecule has 4 nitrogen and oxygen atoms in total. The van der Waals surface area contributed by atoms with Gasteiger partial charge in [-0.15, -0.1) is 0 Å². The average molecular weight is 295 g/mol. The van der Waals surface area contributed by atoms with Gasteiger partial charge in [0.2, 0.25) is 0 Å². The van der Waals surface area contributed by atoms with Gasteiger partial charge in [0.15, 0.2) is 0 Å². The van der Waals surface area contributed by atoms with Crippen molar-refractivity contribution in [3.8, 4) is 0 Å². The fraction of sp³-hybridized carbons (Fsp3) is 0.125. The van der Waals surface area contributed by atoms with Gasteiger partial charge >= 0.3 is 85.9 Å². The number of hydrogen-bond acceptors (Lipinski definition) is 3. The van der Waals surface area contributed by atoms with Gasteiger partial charge in [-0.2, -0.15) is 0 Å². The molecule has 0 aliphatic rings. The van der Waals surface area contributed by atoms with Gasteiger partial charge in [0, 0.05) is 0 Å². The van der Waals surface area contributed by atoms with E-state index in [1.165, 1.54) is 6.07 Å². The Bertz CT molecular complexity index is 300. The first-order valence-corrected chi connectivity index (χ1v) is 5.41. The summed E-state index contributed by atoms with van der Waals surface area (Å²) < 4.78 is 5.48. The molecule has 0 aliphatic carbocycles. The quantitative estimate of drug-likeness (QED) is 0.477. The number of halogens is 1. The van der Waals surface area contributed by atoms with E-state index >= 15 is 0 Å². The zero-order chi connectivity index (χ0) is 9.68. The van der Waals surface area contributed by atoms with E-state index in [-0.39, 0.29) is 12.4 Å². The molecule has 0 bridgehead atoms. The number of carbonyl (C=O) groups is 1. The molecule has 0 saturated heterocycles. The first-order chi connectivity index (χ1) is 6.25. The second kappa shape index (κ2) is 5.15. The van der Waals surface area contributed by atoms with E-state index in [1.807, 2.05) is 0 Å². The van der Waals surface area contributed by atoms with Crippen molar-refractivity contribution in [3.63, 3.8) is 0 Å². The summed E-state index contributed by atoms with van der Waals surface area (Å²) in [6.07, 6.45) is 0. The first kappa shape index (κ1) is 10.4. The van der Waals surface area contributed by atoms with Crippen molar-refractivity contribution in [1.29, 1.82) is 0 Å². The third-order valence-electron chi connectivity index (χ3n) is 1.29. The molecule has 72 valence electrons. The molecule has 0 aromatic heterocycles. The monoisotopic (exact) mass is 295 g/mol. The number of carboxylic acids is 1. The predicted octanol–water partition coefficient (Wildman–Crippen LogP) is -2.48. The summed E-state index contributed by atoms with van der Waals surface area (Å²) in [6.45, 7) is -0.360. The van der Waals surface area contributed by atoms with Crippen LogP contribution in [0.5, 0.6) is 0 Å². The molecular weight excluding hydrogens is 287 g/mol. The molecule has 0 fully saturated rings. The summed E-state index contributed by atoms with van der Waals surface area (Å²) in [5, 5.41) is 17.2. The van der Waals surface area contributed by atoms with Crippen LogP contribution in [-0.4, -0.2) is 23.0 Å². The molecule has 0 heterocycles. The first-order valence-electron chi connectivity index (χ1n) is 3.45. The number of aliphatic hydroxyl groups excluding tert-OH is 1. The normalized spacial score (nSPS) is 10.2. The third-order valence-corrected chi connectivity index (χ3v) is 3.30. The maximum atomic E-state index is 10.7. The summed E-state index contributed by atoms with van der Waals surface area (Å²) in [5.74, 6) is -0.961. The molecule has 0 atom stereocenters. The molecule has 0 radical (unpaired) electrons. The number of benzene rings is 1. The number of aliphatic hydroxyl groups is 1. The van der Waals surface area contributed by atoms with E-state index < -0.39 is 27.6 Å². The second-order valence-corrected chi connectivity index (χ2v) is 4.33. The van der Waals surface area contributed by atoms with Crippen molar-refractivity contribution in [3.05, 3.63) is 33.4 Å². The van der Waals surface area contributed by atoms with Crippen LogP contribution >= 0.6 is 0 Å². The molecule has 0 aliphatic heterocycles. The van der Waals surface area contributed by atoms with E-state index in [0.29, 0.717) is 3.57 Å². The molecule has 1 aromatic rings. The molecule has 0 spiro atoms. The van der Waals surface area contributed by atoms with Crippen LogP contribution < -0.4 is 21.6 Å². The molecular formula is C8H8IO4-. The molecule has 2 N–H and O–H groups in total. The Labute approximate surface area is 86.0 Å². The van der Waals surface area contributed by atoms with E-state index in [2.05, 4.69) is 0 Å². The van der Waals surface area contributed by atoms with Crippen molar-refractivity contribution in [1.82, 2.24) is 0 Å². The van der Waals surface area contributed by atoms with E-state index in [1.54, 1.807) is 18.2 Å². The third kappa shape index (κ3) is 2.94. The molecule has 13 heavy (non-hydrogen) atoms. The van der Waals surface area contributed by atoms with E-state index in [4.69, 9.17) is 13.3 Å². The standard InChI is InChI=1S/C8H8IO4/c10-5-13-9-7-4-2-1-3-6(7)8(11)12/h1-4,10H,5H2,(H,11,12)/q-1. The summed E-state index contributed by atoms with van der Waals surface area (Å²) in [5.41, 5.74) is 0.253. The molecule has 0 unspecified atom stereocenters. The molecule has 0 amide bonds. The van der Waals surface area contributed by atoms with Crippen LogP contribution in [0.15, 0.2) is 24.3 Å². The van der Waals surface area contributed by atoms with Gasteiger partial charge in [0.1, 0.15) is 0 Å². The fourth-order valence-electron chi connectivity index (χ4n) is 0.785. The summed E-state index contributed by atoms with van der Waals surface area (Å²) in [4.78, 5) is 10.7.